The minimum absolute atomic E-state index is 0.0620. The molecular weight excluding hydrogens is 298 g/mol. The summed E-state index contributed by atoms with van der Waals surface area (Å²) in [5, 5.41) is 2.80. The number of hydrogen-bond donors (Lipinski definition) is 2. The fourth-order valence-corrected chi connectivity index (χ4v) is 3.09. The third-order valence-corrected chi connectivity index (χ3v) is 4.64. The first kappa shape index (κ1) is 17.9. The molecule has 0 aromatic heterocycles. The van der Waals surface area contributed by atoms with Crippen molar-refractivity contribution in [2.45, 2.75) is 51.2 Å². The highest BCUT2D eigenvalue weighted by Crippen LogP contribution is 2.16. The number of ether oxygens (including phenoxy) is 1. The van der Waals surface area contributed by atoms with Crippen LogP contribution in [-0.4, -0.2) is 60.9 Å². The van der Waals surface area contributed by atoms with Crippen LogP contribution in [0.4, 0.5) is 0 Å². The molecule has 2 rings (SSSR count). The van der Waals surface area contributed by atoms with E-state index in [1.807, 2.05) is 0 Å². The van der Waals surface area contributed by atoms with Crippen LogP contribution in [0.25, 0.3) is 0 Å². The molecule has 2 heterocycles. The number of hydrogen-bond acceptors (Lipinski definition) is 5. The third-order valence-electron chi connectivity index (χ3n) is 4.64. The minimum atomic E-state index is -0.545. The van der Waals surface area contributed by atoms with Gasteiger partial charge in [-0.25, -0.2) is 0 Å². The van der Waals surface area contributed by atoms with Gasteiger partial charge in [0.05, 0.1) is 6.10 Å². The molecule has 0 aliphatic carbocycles. The zero-order valence-electron chi connectivity index (χ0n) is 13.8. The number of rotatable bonds is 8. The first-order valence-electron chi connectivity index (χ1n) is 8.42. The van der Waals surface area contributed by atoms with Crippen molar-refractivity contribution in [1.82, 2.24) is 10.2 Å². The van der Waals surface area contributed by atoms with Crippen molar-refractivity contribution >= 4 is 17.6 Å². The molecule has 0 spiro atoms. The lowest BCUT2D eigenvalue weighted by atomic mass is 10.0. The molecule has 0 saturated carbocycles. The van der Waals surface area contributed by atoms with Gasteiger partial charge >= 0.3 is 0 Å². The Bertz CT molecular complexity index is 449. The van der Waals surface area contributed by atoms with Gasteiger partial charge < -0.3 is 20.7 Å². The Morgan fingerprint density at radius 3 is 2.74 bits per heavy atom. The van der Waals surface area contributed by atoms with Crippen molar-refractivity contribution in [1.29, 1.82) is 0 Å². The molecule has 7 nitrogen and oxygen atoms in total. The molecule has 130 valence electrons. The average molecular weight is 325 g/mol. The summed E-state index contributed by atoms with van der Waals surface area (Å²) in [6, 6.07) is -0.545. The Morgan fingerprint density at radius 2 is 2.09 bits per heavy atom. The lowest BCUT2D eigenvalue weighted by Crippen LogP contribution is -2.48. The molecule has 0 aromatic rings. The normalized spacial score (nSPS) is 26.4. The molecule has 2 saturated heterocycles. The van der Waals surface area contributed by atoms with E-state index in [4.69, 9.17) is 10.5 Å². The topological polar surface area (TPSA) is 102 Å². The molecule has 3 atom stereocenters. The summed E-state index contributed by atoms with van der Waals surface area (Å²) in [6.45, 7) is 4.57. The van der Waals surface area contributed by atoms with Gasteiger partial charge in [-0.05, 0) is 38.8 Å². The Balaban J connectivity index is 1.75. The van der Waals surface area contributed by atoms with E-state index in [0.717, 1.165) is 13.1 Å². The molecule has 0 radical (unpaired) electrons. The number of likely N-dealkylation sites (tertiary alicyclic amines) is 1. The second kappa shape index (κ2) is 8.40. The number of nitrogens with one attached hydrogen (secondary N) is 1. The van der Waals surface area contributed by atoms with Gasteiger partial charge in [0.25, 0.3) is 0 Å². The van der Waals surface area contributed by atoms with Gasteiger partial charge in [-0.3, -0.25) is 14.4 Å². The maximum Gasteiger partial charge on any atom is 0.220 e. The molecule has 3 N–H and O–H groups in total. The van der Waals surface area contributed by atoms with Crippen molar-refractivity contribution in [3.8, 4) is 0 Å². The quantitative estimate of drug-likeness (QED) is 0.645. The predicted octanol–water partition coefficient (Wildman–Crippen LogP) is -0.173. The molecule has 2 aliphatic heterocycles. The molecule has 23 heavy (non-hydrogen) atoms. The first-order chi connectivity index (χ1) is 11.0. The van der Waals surface area contributed by atoms with E-state index in [9.17, 15) is 14.4 Å². The van der Waals surface area contributed by atoms with Crippen molar-refractivity contribution in [2.75, 3.05) is 26.2 Å². The highest BCUT2D eigenvalue weighted by molar-refractivity contribution is 5.91. The number of nitrogens with zero attached hydrogens (tertiary/aromatic N) is 1. The second-order valence-electron chi connectivity index (χ2n) is 6.56. The van der Waals surface area contributed by atoms with Gasteiger partial charge in [-0.2, -0.15) is 0 Å². The van der Waals surface area contributed by atoms with Crippen LogP contribution in [0.1, 0.15) is 39.0 Å². The van der Waals surface area contributed by atoms with Gasteiger partial charge in [-0.15, -0.1) is 0 Å². The van der Waals surface area contributed by atoms with Crippen LogP contribution in [-0.2, 0) is 19.1 Å². The predicted molar refractivity (Wildman–Crippen MR) is 84.6 cm³/mol. The summed E-state index contributed by atoms with van der Waals surface area (Å²) in [6.07, 6.45) is 3.54. The van der Waals surface area contributed by atoms with Crippen molar-refractivity contribution < 1.29 is 19.1 Å². The molecule has 2 aliphatic rings. The number of amides is 2. The van der Waals surface area contributed by atoms with E-state index in [2.05, 4.69) is 10.2 Å². The summed E-state index contributed by atoms with van der Waals surface area (Å²) < 4.78 is 5.55. The molecular formula is C16H27N3O4. The van der Waals surface area contributed by atoms with Crippen LogP contribution >= 0.6 is 0 Å². The molecule has 0 bridgehead atoms. The Morgan fingerprint density at radius 1 is 1.39 bits per heavy atom. The fraction of sp³-hybridized carbons (Fsp3) is 0.812. The van der Waals surface area contributed by atoms with Crippen LogP contribution in [0.2, 0.25) is 0 Å². The maximum absolute atomic E-state index is 12.0. The summed E-state index contributed by atoms with van der Waals surface area (Å²) in [5.74, 6) is -0.817. The summed E-state index contributed by atoms with van der Waals surface area (Å²) in [7, 11) is 0. The van der Waals surface area contributed by atoms with Gasteiger partial charge in [0.2, 0.25) is 11.8 Å². The van der Waals surface area contributed by atoms with Crippen molar-refractivity contribution in [3.63, 3.8) is 0 Å². The van der Waals surface area contributed by atoms with Gasteiger partial charge in [0, 0.05) is 18.9 Å². The van der Waals surface area contributed by atoms with E-state index in [1.54, 1.807) is 6.92 Å². The Kier molecular flexibility index (Phi) is 6.53. The smallest absolute Gasteiger partial charge is 0.220 e. The van der Waals surface area contributed by atoms with E-state index >= 15 is 0 Å². The molecule has 7 heteroatoms. The van der Waals surface area contributed by atoms with Gasteiger partial charge in [0.15, 0.2) is 5.78 Å². The number of Topliss-reactive ketones (excluding diaryl/α,β-unsaturated/α-hetero) is 1. The highest BCUT2D eigenvalue weighted by atomic mass is 16.5. The number of ketones is 1. The maximum atomic E-state index is 12.0. The lowest BCUT2D eigenvalue weighted by Gasteiger charge is -2.23. The van der Waals surface area contributed by atoms with Crippen LogP contribution < -0.4 is 11.1 Å². The van der Waals surface area contributed by atoms with Crippen molar-refractivity contribution in [3.05, 3.63) is 0 Å². The van der Waals surface area contributed by atoms with E-state index in [1.165, 1.54) is 12.8 Å². The second-order valence-corrected chi connectivity index (χ2v) is 6.56. The number of primary amides is 1. The standard InChI is InChI=1S/C16H27N3O4/c1-11(16(17)22)5-4-6-14(21)18-15-12(20)10-23-13(15)9-19-7-2-3-8-19/h11,13,15H,2-10H2,1H3,(H2,17,22)(H,18,21)/t11?,13-,15?/m0/s1. The monoisotopic (exact) mass is 325 g/mol. The number of carbonyl (C=O) groups is 3. The largest absolute Gasteiger partial charge is 0.369 e. The SMILES string of the molecule is CC(CCCC(=O)NC1C(=O)CO[C@H]1CN1CCCC1)C(N)=O. The number of nitrogens with two attached hydrogens (primary N) is 1. The Hall–Kier alpha value is -1.47. The molecule has 0 aromatic carbocycles. The first-order valence-corrected chi connectivity index (χ1v) is 8.42. The van der Waals surface area contributed by atoms with Gasteiger partial charge in [0.1, 0.15) is 12.6 Å². The minimum Gasteiger partial charge on any atom is -0.369 e. The number of carbonyl (C=O) groups excluding carboxylic acids is 3. The van der Waals surface area contributed by atoms with Crippen LogP contribution in [0.5, 0.6) is 0 Å². The summed E-state index contributed by atoms with van der Waals surface area (Å²) >= 11 is 0. The highest BCUT2D eigenvalue weighted by Gasteiger charge is 2.38. The van der Waals surface area contributed by atoms with E-state index in [0.29, 0.717) is 19.4 Å². The zero-order chi connectivity index (χ0) is 16.8. The van der Waals surface area contributed by atoms with Gasteiger partial charge in [-0.1, -0.05) is 6.92 Å². The average Bonchev–Trinajstić information content (AvgIpc) is 3.12. The third kappa shape index (κ3) is 5.28. The summed E-state index contributed by atoms with van der Waals surface area (Å²) in [4.78, 5) is 37.2. The zero-order valence-corrected chi connectivity index (χ0v) is 13.8. The lowest BCUT2D eigenvalue weighted by molar-refractivity contribution is -0.126. The molecule has 2 fully saturated rings. The van der Waals surface area contributed by atoms with Crippen LogP contribution in [0, 0.1) is 5.92 Å². The Labute approximate surface area is 136 Å². The fourth-order valence-electron chi connectivity index (χ4n) is 3.09. The summed E-state index contributed by atoms with van der Waals surface area (Å²) in [5.41, 5.74) is 5.19. The van der Waals surface area contributed by atoms with Crippen LogP contribution in [0.15, 0.2) is 0 Å². The van der Waals surface area contributed by atoms with Crippen LogP contribution in [0.3, 0.4) is 0 Å². The van der Waals surface area contributed by atoms with Crippen molar-refractivity contribution in [2.24, 2.45) is 11.7 Å². The molecule has 2 unspecified atom stereocenters. The molecule has 2 amide bonds. The van der Waals surface area contributed by atoms with E-state index < -0.39 is 6.04 Å². The van der Waals surface area contributed by atoms with E-state index in [-0.39, 0.29) is 42.6 Å².